The van der Waals surface area contributed by atoms with Crippen molar-refractivity contribution in [3.8, 4) is 0 Å². The molecule has 6 heteroatoms. The van der Waals surface area contributed by atoms with Crippen LogP contribution in [0.3, 0.4) is 0 Å². The van der Waals surface area contributed by atoms with E-state index in [4.69, 9.17) is 10.9 Å². The highest BCUT2D eigenvalue weighted by Gasteiger charge is 2.19. The highest BCUT2D eigenvalue weighted by molar-refractivity contribution is 5.98. The van der Waals surface area contributed by atoms with E-state index in [0.717, 1.165) is 6.42 Å². The zero-order chi connectivity index (χ0) is 14.4. The second kappa shape index (κ2) is 6.72. The molecule has 0 fully saturated rings. The number of nitrogens with zero attached hydrogens (tertiary/aromatic N) is 3. The Morgan fingerprint density at radius 1 is 1.53 bits per heavy atom. The van der Waals surface area contributed by atoms with Crippen LogP contribution >= 0.6 is 0 Å². The Morgan fingerprint density at radius 3 is 2.63 bits per heavy atom. The number of carbonyl (C=O) groups is 1. The van der Waals surface area contributed by atoms with Gasteiger partial charge < -0.3 is 15.8 Å². The molecule has 0 aliphatic rings. The molecule has 6 nitrogen and oxygen atoms in total. The van der Waals surface area contributed by atoms with Gasteiger partial charge in [0.15, 0.2) is 5.84 Å². The minimum atomic E-state index is -0.108. The van der Waals surface area contributed by atoms with Crippen LogP contribution in [-0.4, -0.2) is 39.4 Å². The molecular weight excluding hydrogens is 244 g/mol. The van der Waals surface area contributed by atoms with Gasteiger partial charge in [0.05, 0.1) is 0 Å². The molecule has 1 heterocycles. The van der Waals surface area contributed by atoms with Gasteiger partial charge in [-0.15, -0.1) is 0 Å². The number of pyridine rings is 1. The topological polar surface area (TPSA) is 91.8 Å². The fourth-order valence-electron chi connectivity index (χ4n) is 1.71. The number of carbonyl (C=O) groups excluding carboxylic acids is 1. The van der Waals surface area contributed by atoms with Crippen molar-refractivity contribution >= 4 is 11.7 Å². The molecule has 0 aromatic carbocycles. The number of oxime groups is 1. The molecule has 0 aliphatic carbocycles. The zero-order valence-electron chi connectivity index (χ0n) is 11.5. The standard InChI is InChI=1S/C13H20N4O2/c1-4-7-17(9(2)3)13(18)11-6-5-10(8-15-11)12(14)16-19/h5-6,8-9,19H,4,7H2,1-3H3,(H2,14,16). The third kappa shape index (κ3) is 3.67. The monoisotopic (exact) mass is 264 g/mol. The van der Waals surface area contributed by atoms with Crippen molar-refractivity contribution in [2.45, 2.75) is 33.2 Å². The number of aromatic nitrogens is 1. The van der Waals surface area contributed by atoms with E-state index in [-0.39, 0.29) is 17.8 Å². The van der Waals surface area contributed by atoms with E-state index in [0.29, 0.717) is 17.8 Å². The summed E-state index contributed by atoms with van der Waals surface area (Å²) in [6.07, 6.45) is 2.32. The number of nitrogens with two attached hydrogens (primary N) is 1. The van der Waals surface area contributed by atoms with Crippen LogP contribution in [0, 0.1) is 0 Å². The molecule has 104 valence electrons. The first-order valence-electron chi connectivity index (χ1n) is 6.26. The summed E-state index contributed by atoms with van der Waals surface area (Å²) in [4.78, 5) is 18.1. The Morgan fingerprint density at radius 2 is 2.21 bits per heavy atom. The summed E-state index contributed by atoms with van der Waals surface area (Å²) < 4.78 is 0. The van der Waals surface area contributed by atoms with Gasteiger partial charge in [0, 0.05) is 24.3 Å². The van der Waals surface area contributed by atoms with E-state index in [9.17, 15) is 4.79 Å². The van der Waals surface area contributed by atoms with E-state index in [1.165, 1.54) is 6.20 Å². The van der Waals surface area contributed by atoms with Crippen LogP contribution in [0.5, 0.6) is 0 Å². The second-order valence-corrected chi connectivity index (χ2v) is 4.51. The molecule has 19 heavy (non-hydrogen) atoms. The lowest BCUT2D eigenvalue weighted by atomic mass is 10.2. The average Bonchev–Trinajstić information content (AvgIpc) is 2.43. The number of amides is 1. The van der Waals surface area contributed by atoms with Gasteiger partial charge in [-0.05, 0) is 32.4 Å². The molecule has 0 bridgehead atoms. The lowest BCUT2D eigenvalue weighted by Crippen LogP contribution is -2.38. The molecule has 0 radical (unpaired) electrons. The fourth-order valence-corrected chi connectivity index (χ4v) is 1.71. The van der Waals surface area contributed by atoms with Crippen molar-refractivity contribution in [3.63, 3.8) is 0 Å². The smallest absolute Gasteiger partial charge is 0.272 e. The van der Waals surface area contributed by atoms with Gasteiger partial charge in [-0.2, -0.15) is 0 Å². The van der Waals surface area contributed by atoms with Gasteiger partial charge in [0.1, 0.15) is 5.69 Å². The Kier molecular flexibility index (Phi) is 5.29. The summed E-state index contributed by atoms with van der Waals surface area (Å²) in [7, 11) is 0. The molecule has 3 N–H and O–H groups in total. The van der Waals surface area contributed by atoms with Gasteiger partial charge in [0.25, 0.3) is 5.91 Å². The minimum Gasteiger partial charge on any atom is -0.409 e. The molecule has 0 saturated carbocycles. The number of hydrogen-bond acceptors (Lipinski definition) is 4. The van der Waals surface area contributed by atoms with Gasteiger partial charge in [-0.25, -0.2) is 0 Å². The summed E-state index contributed by atoms with van der Waals surface area (Å²) in [5.74, 6) is -0.135. The lowest BCUT2D eigenvalue weighted by molar-refractivity contribution is 0.0700. The molecule has 1 aromatic rings. The quantitative estimate of drug-likeness (QED) is 0.364. The summed E-state index contributed by atoms with van der Waals surface area (Å²) in [6, 6.07) is 3.32. The first-order chi connectivity index (χ1) is 9.01. The Labute approximate surface area is 112 Å². The van der Waals surface area contributed by atoms with E-state index < -0.39 is 0 Å². The third-order valence-corrected chi connectivity index (χ3v) is 2.73. The van der Waals surface area contributed by atoms with Crippen LogP contribution in [0.2, 0.25) is 0 Å². The maximum Gasteiger partial charge on any atom is 0.272 e. The van der Waals surface area contributed by atoms with Crippen molar-refractivity contribution < 1.29 is 10.0 Å². The first kappa shape index (κ1) is 14.9. The predicted octanol–water partition coefficient (Wildman–Crippen LogP) is 1.44. The Balaban J connectivity index is 2.93. The SMILES string of the molecule is CCCN(C(=O)c1ccc(/C(N)=N/O)cn1)C(C)C. The molecule has 1 aromatic heterocycles. The molecule has 0 saturated heterocycles. The third-order valence-electron chi connectivity index (χ3n) is 2.73. The van der Waals surface area contributed by atoms with Crippen LogP contribution in [0.1, 0.15) is 43.2 Å². The first-order valence-corrected chi connectivity index (χ1v) is 6.26. The Hall–Kier alpha value is -2.11. The van der Waals surface area contributed by atoms with Crippen molar-refractivity contribution in [1.82, 2.24) is 9.88 Å². The van der Waals surface area contributed by atoms with Gasteiger partial charge >= 0.3 is 0 Å². The summed E-state index contributed by atoms with van der Waals surface area (Å²) in [6.45, 7) is 6.66. The largest absolute Gasteiger partial charge is 0.409 e. The maximum absolute atomic E-state index is 12.3. The summed E-state index contributed by atoms with van der Waals surface area (Å²) in [5, 5.41) is 11.4. The molecule has 0 atom stereocenters. The molecule has 1 rings (SSSR count). The minimum absolute atomic E-state index is 0.0271. The molecule has 1 amide bonds. The molecule has 0 spiro atoms. The zero-order valence-corrected chi connectivity index (χ0v) is 11.5. The van der Waals surface area contributed by atoms with Crippen LogP contribution in [-0.2, 0) is 0 Å². The van der Waals surface area contributed by atoms with Crippen LogP contribution in [0.25, 0.3) is 0 Å². The van der Waals surface area contributed by atoms with Crippen LogP contribution < -0.4 is 5.73 Å². The highest BCUT2D eigenvalue weighted by atomic mass is 16.4. The fraction of sp³-hybridized carbons (Fsp3) is 0.462. The van der Waals surface area contributed by atoms with Gasteiger partial charge in [0.2, 0.25) is 0 Å². The second-order valence-electron chi connectivity index (χ2n) is 4.51. The van der Waals surface area contributed by atoms with E-state index in [2.05, 4.69) is 10.1 Å². The van der Waals surface area contributed by atoms with Gasteiger partial charge in [-0.3, -0.25) is 9.78 Å². The normalized spacial score (nSPS) is 11.7. The molecule has 0 unspecified atom stereocenters. The Bertz CT molecular complexity index is 454. The maximum atomic E-state index is 12.3. The summed E-state index contributed by atoms with van der Waals surface area (Å²) in [5.41, 5.74) is 6.28. The predicted molar refractivity (Wildman–Crippen MR) is 73.2 cm³/mol. The molecule has 0 aliphatic heterocycles. The molecular formula is C13H20N4O2. The van der Waals surface area contributed by atoms with Gasteiger partial charge in [-0.1, -0.05) is 12.1 Å². The van der Waals surface area contributed by atoms with E-state index in [1.807, 2.05) is 20.8 Å². The number of amidine groups is 1. The van der Waals surface area contributed by atoms with Crippen molar-refractivity contribution in [3.05, 3.63) is 29.6 Å². The van der Waals surface area contributed by atoms with Crippen molar-refractivity contribution in [1.29, 1.82) is 0 Å². The summed E-state index contributed by atoms with van der Waals surface area (Å²) >= 11 is 0. The van der Waals surface area contributed by atoms with E-state index in [1.54, 1.807) is 17.0 Å². The highest BCUT2D eigenvalue weighted by Crippen LogP contribution is 2.08. The van der Waals surface area contributed by atoms with Crippen molar-refractivity contribution in [2.24, 2.45) is 10.9 Å². The average molecular weight is 264 g/mol. The lowest BCUT2D eigenvalue weighted by Gasteiger charge is -2.25. The number of hydrogen-bond donors (Lipinski definition) is 2. The number of rotatable bonds is 5. The van der Waals surface area contributed by atoms with E-state index >= 15 is 0 Å². The van der Waals surface area contributed by atoms with Crippen molar-refractivity contribution in [2.75, 3.05) is 6.54 Å². The van der Waals surface area contributed by atoms with Crippen LogP contribution in [0.4, 0.5) is 0 Å². The van der Waals surface area contributed by atoms with Crippen LogP contribution in [0.15, 0.2) is 23.5 Å².